The van der Waals surface area contributed by atoms with Gasteiger partial charge in [0.15, 0.2) is 0 Å². The highest BCUT2D eigenvalue weighted by molar-refractivity contribution is 14.1. The van der Waals surface area contributed by atoms with Crippen molar-refractivity contribution < 1.29 is 9.53 Å². The van der Waals surface area contributed by atoms with Crippen LogP contribution in [-0.2, 0) is 9.53 Å². The first-order chi connectivity index (χ1) is 7.20. The summed E-state index contributed by atoms with van der Waals surface area (Å²) >= 11 is 2.35. The number of ether oxygens (including phenoxy) is 1. The first-order valence-electron chi connectivity index (χ1n) is 5.95. The van der Waals surface area contributed by atoms with Crippen LogP contribution in [0.15, 0.2) is 0 Å². The molecule has 2 aliphatic rings. The predicted octanol–water partition coefficient (Wildman–Crippen LogP) is 3.32. The summed E-state index contributed by atoms with van der Waals surface area (Å²) in [4.78, 5) is 11.4. The van der Waals surface area contributed by atoms with E-state index in [4.69, 9.17) is 4.74 Å². The van der Waals surface area contributed by atoms with E-state index in [2.05, 4.69) is 29.5 Å². The van der Waals surface area contributed by atoms with E-state index in [1.807, 2.05) is 0 Å². The van der Waals surface area contributed by atoms with Crippen molar-refractivity contribution in [1.29, 1.82) is 0 Å². The molecule has 1 atom stereocenters. The van der Waals surface area contributed by atoms with Gasteiger partial charge in [0.05, 0.1) is 6.42 Å². The first kappa shape index (κ1) is 11.7. The van der Waals surface area contributed by atoms with Crippen LogP contribution in [0.4, 0.5) is 0 Å². The van der Waals surface area contributed by atoms with Crippen LogP contribution in [0.1, 0.15) is 45.4 Å². The summed E-state index contributed by atoms with van der Waals surface area (Å²) in [7, 11) is 0. The van der Waals surface area contributed by atoms with Gasteiger partial charge in [-0.15, -0.1) is 0 Å². The Morgan fingerprint density at radius 1 is 1.47 bits per heavy atom. The molecule has 0 aromatic heterocycles. The minimum absolute atomic E-state index is 0.0339. The zero-order valence-corrected chi connectivity index (χ0v) is 11.5. The standard InChI is InChI=1S/C12H19IO2/c1-2-9-3-5-12(6-4-9)7-11(14)15-10(12)8-13/h9-10H,2-8H2,1H3. The van der Waals surface area contributed by atoms with Crippen molar-refractivity contribution in [2.75, 3.05) is 4.43 Å². The van der Waals surface area contributed by atoms with Crippen LogP contribution < -0.4 is 0 Å². The number of carbonyl (C=O) groups is 1. The third-order valence-corrected chi connectivity index (χ3v) is 5.07. The van der Waals surface area contributed by atoms with Crippen molar-refractivity contribution >= 4 is 28.6 Å². The smallest absolute Gasteiger partial charge is 0.306 e. The third-order valence-electron chi connectivity index (χ3n) is 4.27. The monoisotopic (exact) mass is 322 g/mol. The maximum absolute atomic E-state index is 11.4. The summed E-state index contributed by atoms with van der Waals surface area (Å²) in [6.45, 7) is 2.27. The van der Waals surface area contributed by atoms with Gasteiger partial charge in [-0.25, -0.2) is 0 Å². The Kier molecular flexibility index (Phi) is 3.58. The van der Waals surface area contributed by atoms with Gasteiger partial charge in [-0.2, -0.15) is 0 Å². The third kappa shape index (κ3) is 2.17. The van der Waals surface area contributed by atoms with Crippen LogP contribution in [0.2, 0.25) is 0 Å². The minimum Gasteiger partial charge on any atom is -0.461 e. The van der Waals surface area contributed by atoms with E-state index in [0.717, 1.165) is 10.3 Å². The predicted molar refractivity (Wildman–Crippen MR) is 68.1 cm³/mol. The number of esters is 1. The summed E-state index contributed by atoms with van der Waals surface area (Å²) in [5.74, 6) is 0.924. The lowest BCUT2D eigenvalue weighted by Crippen LogP contribution is -2.36. The van der Waals surface area contributed by atoms with Gasteiger partial charge in [-0.1, -0.05) is 35.9 Å². The second-order valence-electron chi connectivity index (χ2n) is 5.02. The fourth-order valence-corrected chi connectivity index (χ4v) is 4.20. The molecule has 1 spiro atoms. The van der Waals surface area contributed by atoms with Crippen LogP contribution in [0, 0.1) is 11.3 Å². The molecule has 1 heterocycles. The van der Waals surface area contributed by atoms with Crippen molar-refractivity contribution in [2.45, 2.75) is 51.6 Å². The number of alkyl halides is 1. The molecule has 2 fully saturated rings. The van der Waals surface area contributed by atoms with Crippen LogP contribution >= 0.6 is 22.6 Å². The van der Waals surface area contributed by atoms with Gasteiger partial charge in [0, 0.05) is 9.84 Å². The molecule has 0 aromatic carbocycles. The van der Waals surface area contributed by atoms with Gasteiger partial charge in [0.25, 0.3) is 0 Å². The summed E-state index contributed by atoms with van der Waals surface area (Å²) in [5.41, 5.74) is 0.212. The molecule has 1 saturated heterocycles. The number of carbonyl (C=O) groups excluding carboxylic acids is 1. The Bertz CT molecular complexity index is 244. The minimum atomic E-state index is 0.0339. The maximum atomic E-state index is 11.4. The molecule has 0 bridgehead atoms. The van der Waals surface area contributed by atoms with Crippen molar-refractivity contribution in [3.05, 3.63) is 0 Å². The highest BCUT2D eigenvalue weighted by Gasteiger charge is 2.49. The number of hydrogen-bond donors (Lipinski definition) is 0. The fraction of sp³-hybridized carbons (Fsp3) is 0.917. The largest absolute Gasteiger partial charge is 0.461 e. The van der Waals surface area contributed by atoms with Crippen molar-refractivity contribution in [1.82, 2.24) is 0 Å². The van der Waals surface area contributed by atoms with Crippen molar-refractivity contribution in [3.8, 4) is 0 Å². The molecule has 0 N–H and O–H groups in total. The molecular weight excluding hydrogens is 303 g/mol. The Labute approximate surface area is 105 Å². The molecular formula is C12H19IO2. The first-order valence-corrected chi connectivity index (χ1v) is 7.48. The molecule has 86 valence electrons. The van der Waals surface area contributed by atoms with E-state index >= 15 is 0 Å². The molecule has 0 amide bonds. The number of rotatable bonds is 2. The Hall–Kier alpha value is 0.200. The van der Waals surface area contributed by atoms with Gasteiger partial charge in [-0.3, -0.25) is 4.79 Å². The lowest BCUT2D eigenvalue weighted by molar-refractivity contribution is -0.140. The van der Waals surface area contributed by atoms with Crippen LogP contribution in [-0.4, -0.2) is 16.5 Å². The van der Waals surface area contributed by atoms with Gasteiger partial charge >= 0.3 is 5.97 Å². The van der Waals surface area contributed by atoms with E-state index in [-0.39, 0.29) is 17.5 Å². The van der Waals surface area contributed by atoms with Crippen LogP contribution in [0.5, 0.6) is 0 Å². The molecule has 1 saturated carbocycles. The molecule has 2 rings (SSSR count). The summed E-state index contributed by atoms with van der Waals surface area (Å²) in [5, 5.41) is 0. The molecule has 3 heteroatoms. The van der Waals surface area contributed by atoms with E-state index in [0.29, 0.717) is 6.42 Å². The second kappa shape index (κ2) is 4.60. The van der Waals surface area contributed by atoms with Crippen LogP contribution in [0.25, 0.3) is 0 Å². The summed E-state index contributed by atoms with van der Waals surface area (Å²) in [6.07, 6.45) is 7.15. The molecule has 1 unspecified atom stereocenters. The van der Waals surface area contributed by atoms with E-state index in [9.17, 15) is 4.79 Å². The number of hydrogen-bond acceptors (Lipinski definition) is 2. The Morgan fingerprint density at radius 2 is 2.13 bits per heavy atom. The molecule has 1 aliphatic heterocycles. The SMILES string of the molecule is CCC1CCC2(CC1)CC(=O)OC2CI. The molecule has 0 radical (unpaired) electrons. The van der Waals surface area contributed by atoms with E-state index in [1.54, 1.807) is 0 Å². The molecule has 1 aliphatic carbocycles. The number of halogens is 1. The van der Waals surface area contributed by atoms with Gasteiger partial charge < -0.3 is 4.74 Å². The second-order valence-corrected chi connectivity index (χ2v) is 5.90. The van der Waals surface area contributed by atoms with Crippen molar-refractivity contribution in [3.63, 3.8) is 0 Å². The zero-order valence-electron chi connectivity index (χ0n) is 9.30. The van der Waals surface area contributed by atoms with Crippen molar-refractivity contribution in [2.24, 2.45) is 11.3 Å². The lowest BCUT2D eigenvalue weighted by atomic mass is 9.66. The summed E-state index contributed by atoms with van der Waals surface area (Å²) in [6, 6.07) is 0. The van der Waals surface area contributed by atoms with Gasteiger partial charge in [0.1, 0.15) is 6.10 Å². The highest BCUT2D eigenvalue weighted by atomic mass is 127. The maximum Gasteiger partial charge on any atom is 0.306 e. The Morgan fingerprint density at radius 3 is 2.67 bits per heavy atom. The highest BCUT2D eigenvalue weighted by Crippen LogP contribution is 2.49. The Balaban J connectivity index is 2.04. The molecule has 0 aromatic rings. The summed E-state index contributed by atoms with van der Waals surface area (Å²) < 4.78 is 6.38. The van der Waals surface area contributed by atoms with Crippen LogP contribution in [0.3, 0.4) is 0 Å². The normalized spacial score (nSPS) is 40.8. The lowest BCUT2D eigenvalue weighted by Gasteiger charge is -2.38. The van der Waals surface area contributed by atoms with E-state index < -0.39 is 0 Å². The van der Waals surface area contributed by atoms with Gasteiger partial charge in [-0.05, 0) is 31.6 Å². The average Bonchev–Trinajstić information content (AvgIpc) is 2.56. The number of cyclic esters (lactones) is 1. The van der Waals surface area contributed by atoms with E-state index in [1.165, 1.54) is 32.1 Å². The molecule has 2 nitrogen and oxygen atoms in total. The topological polar surface area (TPSA) is 26.3 Å². The zero-order chi connectivity index (χ0) is 10.9. The quantitative estimate of drug-likeness (QED) is 0.443. The fourth-order valence-electron chi connectivity index (χ4n) is 3.08. The average molecular weight is 322 g/mol. The molecule has 15 heavy (non-hydrogen) atoms. The van der Waals surface area contributed by atoms with Gasteiger partial charge in [0.2, 0.25) is 0 Å².